The van der Waals surface area contributed by atoms with E-state index in [0.717, 1.165) is 22.0 Å². The van der Waals surface area contributed by atoms with Gasteiger partial charge in [-0.25, -0.2) is 0 Å². The second-order valence-electron chi connectivity index (χ2n) is 5.51. The Bertz CT molecular complexity index is 834. The van der Waals surface area contributed by atoms with Crippen molar-refractivity contribution < 1.29 is 9.53 Å². The molecule has 0 atom stereocenters. The number of rotatable bonds is 7. The van der Waals surface area contributed by atoms with Crippen molar-refractivity contribution in [2.24, 2.45) is 0 Å². The molecule has 3 aromatic rings. The third kappa shape index (κ3) is 5.04. The van der Waals surface area contributed by atoms with Gasteiger partial charge < -0.3 is 14.8 Å². The molecular weight excluding hydrogens is 344 g/mol. The summed E-state index contributed by atoms with van der Waals surface area (Å²) in [6, 6.07) is 24.8. The Morgan fingerprint density at radius 2 is 1.54 bits per heavy atom. The van der Waals surface area contributed by atoms with Crippen LogP contribution in [0.25, 0.3) is 0 Å². The molecule has 0 bridgehead atoms. The minimum atomic E-state index is -0.142. The van der Waals surface area contributed by atoms with Gasteiger partial charge in [-0.3, -0.25) is 4.79 Å². The Kier molecular flexibility index (Phi) is 6.17. The smallest absolute Gasteiger partial charge is 0.255 e. The van der Waals surface area contributed by atoms with Gasteiger partial charge in [0.05, 0.1) is 6.61 Å². The normalized spacial score (nSPS) is 10.2. The Morgan fingerprint density at radius 1 is 0.885 bits per heavy atom. The van der Waals surface area contributed by atoms with Crippen molar-refractivity contribution in [3.63, 3.8) is 0 Å². The van der Waals surface area contributed by atoms with E-state index in [-0.39, 0.29) is 5.91 Å². The molecule has 132 valence electrons. The standard InChI is InChI=1S/C21H20N2O2S/c1-2-25-19-14-12-17(13-15-19)22-21(24)16-8-10-18(11-9-16)23-26-20-6-4-3-5-7-20/h3-15,23H,2H2,1H3,(H,22,24). The second-order valence-corrected chi connectivity index (χ2v) is 6.39. The minimum Gasteiger partial charge on any atom is -0.494 e. The van der Waals surface area contributed by atoms with Gasteiger partial charge in [0.1, 0.15) is 5.75 Å². The Hall–Kier alpha value is -2.92. The first-order valence-electron chi connectivity index (χ1n) is 8.37. The first-order valence-corrected chi connectivity index (χ1v) is 9.18. The van der Waals surface area contributed by atoms with Crippen LogP contribution in [0.4, 0.5) is 11.4 Å². The molecule has 0 fully saturated rings. The summed E-state index contributed by atoms with van der Waals surface area (Å²) in [6.07, 6.45) is 0. The summed E-state index contributed by atoms with van der Waals surface area (Å²) >= 11 is 1.53. The summed E-state index contributed by atoms with van der Waals surface area (Å²) in [6.45, 7) is 2.56. The fourth-order valence-electron chi connectivity index (χ4n) is 2.30. The van der Waals surface area contributed by atoms with E-state index in [4.69, 9.17) is 4.74 Å². The molecule has 26 heavy (non-hydrogen) atoms. The lowest BCUT2D eigenvalue weighted by Gasteiger charge is -2.09. The molecule has 4 nitrogen and oxygen atoms in total. The molecule has 0 saturated heterocycles. The van der Waals surface area contributed by atoms with E-state index in [9.17, 15) is 4.79 Å². The highest BCUT2D eigenvalue weighted by Crippen LogP contribution is 2.21. The predicted molar refractivity (Wildman–Crippen MR) is 108 cm³/mol. The van der Waals surface area contributed by atoms with Crippen molar-refractivity contribution in [2.45, 2.75) is 11.8 Å². The van der Waals surface area contributed by atoms with Crippen molar-refractivity contribution in [1.29, 1.82) is 0 Å². The summed E-state index contributed by atoms with van der Waals surface area (Å²) in [5.74, 6) is 0.647. The van der Waals surface area contributed by atoms with E-state index in [1.807, 2.05) is 73.7 Å². The van der Waals surface area contributed by atoms with E-state index in [1.165, 1.54) is 11.9 Å². The number of amides is 1. The Morgan fingerprint density at radius 3 is 2.19 bits per heavy atom. The lowest BCUT2D eigenvalue weighted by atomic mass is 10.2. The molecule has 1 amide bonds. The highest BCUT2D eigenvalue weighted by Gasteiger charge is 2.06. The van der Waals surface area contributed by atoms with Crippen LogP contribution in [0.2, 0.25) is 0 Å². The van der Waals surface area contributed by atoms with E-state index < -0.39 is 0 Å². The van der Waals surface area contributed by atoms with Gasteiger partial charge in [-0.1, -0.05) is 18.2 Å². The molecule has 3 rings (SSSR count). The Balaban J connectivity index is 1.56. The van der Waals surface area contributed by atoms with Gasteiger partial charge in [0, 0.05) is 21.8 Å². The first-order chi connectivity index (χ1) is 12.7. The van der Waals surface area contributed by atoms with Crippen molar-refractivity contribution in [3.05, 3.63) is 84.4 Å². The zero-order valence-corrected chi connectivity index (χ0v) is 15.3. The summed E-state index contributed by atoms with van der Waals surface area (Å²) in [4.78, 5) is 13.5. The zero-order valence-electron chi connectivity index (χ0n) is 14.4. The van der Waals surface area contributed by atoms with Crippen LogP contribution in [0.5, 0.6) is 5.75 Å². The van der Waals surface area contributed by atoms with Crippen molar-refractivity contribution in [3.8, 4) is 5.75 Å². The van der Waals surface area contributed by atoms with E-state index in [0.29, 0.717) is 12.2 Å². The van der Waals surface area contributed by atoms with Crippen LogP contribution in [-0.4, -0.2) is 12.5 Å². The Labute approximate surface area is 157 Å². The fraction of sp³-hybridized carbons (Fsp3) is 0.0952. The van der Waals surface area contributed by atoms with Crippen molar-refractivity contribution in [2.75, 3.05) is 16.6 Å². The third-order valence-electron chi connectivity index (χ3n) is 3.60. The zero-order chi connectivity index (χ0) is 18.2. The molecule has 0 radical (unpaired) electrons. The molecule has 2 N–H and O–H groups in total. The monoisotopic (exact) mass is 364 g/mol. The predicted octanol–water partition coefficient (Wildman–Crippen LogP) is 5.46. The number of nitrogens with one attached hydrogen (secondary N) is 2. The number of anilines is 2. The average molecular weight is 364 g/mol. The highest BCUT2D eigenvalue weighted by atomic mass is 32.2. The maximum absolute atomic E-state index is 12.3. The van der Waals surface area contributed by atoms with Crippen LogP contribution >= 0.6 is 11.9 Å². The summed E-state index contributed by atoms with van der Waals surface area (Å²) in [5, 5.41) is 2.88. The molecule has 0 spiro atoms. The van der Waals surface area contributed by atoms with E-state index in [1.54, 1.807) is 12.1 Å². The van der Waals surface area contributed by atoms with E-state index >= 15 is 0 Å². The van der Waals surface area contributed by atoms with Crippen molar-refractivity contribution in [1.82, 2.24) is 0 Å². The topological polar surface area (TPSA) is 50.4 Å². The SMILES string of the molecule is CCOc1ccc(NC(=O)c2ccc(NSc3ccccc3)cc2)cc1. The molecule has 0 aromatic heterocycles. The summed E-state index contributed by atoms with van der Waals surface area (Å²) in [7, 11) is 0. The minimum absolute atomic E-state index is 0.142. The quantitative estimate of drug-likeness (QED) is 0.547. The average Bonchev–Trinajstić information content (AvgIpc) is 2.69. The molecule has 0 unspecified atom stereocenters. The van der Waals surface area contributed by atoms with E-state index in [2.05, 4.69) is 10.0 Å². The van der Waals surface area contributed by atoms with Crippen LogP contribution in [0.1, 0.15) is 17.3 Å². The first kappa shape index (κ1) is 17.9. The van der Waals surface area contributed by atoms with Crippen molar-refractivity contribution >= 4 is 29.2 Å². The molecule has 5 heteroatoms. The van der Waals surface area contributed by atoms with Crippen LogP contribution in [0.3, 0.4) is 0 Å². The van der Waals surface area contributed by atoms with Crippen LogP contribution in [0, 0.1) is 0 Å². The summed E-state index contributed by atoms with van der Waals surface area (Å²) < 4.78 is 8.66. The molecular formula is C21H20N2O2S. The second kappa shape index (κ2) is 8.97. The largest absolute Gasteiger partial charge is 0.494 e. The molecule has 0 heterocycles. The van der Waals surface area contributed by atoms with Gasteiger partial charge in [-0.2, -0.15) is 0 Å². The van der Waals surface area contributed by atoms with Gasteiger partial charge in [0.15, 0.2) is 0 Å². The molecule has 0 aliphatic rings. The molecule has 0 aliphatic heterocycles. The van der Waals surface area contributed by atoms with Crippen LogP contribution in [-0.2, 0) is 0 Å². The maximum Gasteiger partial charge on any atom is 0.255 e. The number of benzene rings is 3. The number of carbonyl (C=O) groups is 1. The lowest BCUT2D eigenvalue weighted by Crippen LogP contribution is -2.11. The van der Waals surface area contributed by atoms with Gasteiger partial charge in [-0.05, 0) is 79.5 Å². The van der Waals surface area contributed by atoms with Gasteiger partial charge >= 0.3 is 0 Å². The number of carbonyl (C=O) groups excluding carboxylic acids is 1. The number of ether oxygens (including phenoxy) is 1. The maximum atomic E-state index is 12.3. The fourth-order valence-corrected chi connectivity index (χ4v) is 2.97. The third-order valence-corrected chi connectivity index (χ3v) is 4.45. The van der Waals surface area contributed by atoms with Gasteiger partial charge in [0.25, 0.3) is 5.91 Å². The van der Waals surface area contributed by atoms with Gasteiger partial charge in [-0.15, -0.1) is 0 Å². The molecule has 0 saturated carbocycles. The van der Waals surface area contributed by atoms with Crippen LogP contribution in [0.15, 0.2) is 83.8 Å². The van der Waals surface area contributed by atoms with Gasteiger partial charge in [0.2, 0.25) is 0 Å². The summed E-state index contributed by atoms with van der Waals surface area (Å²) in [5.41, 5.74) is 2.28. The number of hydrogen-bond acceptors (Lipinski definition) is 4. The highest BCUT2D eigenvalue weighted by molar-refractivity contribution is 8.00. The number of hydrogen-bond donors (Lipinski definition) is 2. The lowest BCUT2D eigenvalue weighted by molar-refractivity contribution is 0.102. The molecule has 0 aliphatic carbocycles. The van der Waals surface area contributed by atoms with Crippen LogP contribution < -0.4 is 14.8 Å². The molecule has 3 aromatic carbocycles.